The van der Waals surface area contributed by atoms with Crippen molar-refractivity contribution in [2.45, 2.75) is 6.42 Å². The van der Waals surface area contributed by atoms with E-state index < -0.39 is 0 Å². The maximum atomic E-state index is 10.7. The molecule has 0 saturated carbocycles. The third kappa shape index (κ3) is 6.84. The van der Waals surface area contributed by atoms with Crippen LogP contribution in [0.1, 0.15) is 6.42 Å². The lowest BCUT2D eigenvalue weighted by Crippen LogP contribution is -2.24. The predicted octanol–water partition coefficient (Wildman–Crippen LogP) is -0.296. The summed E-state index contributed by atoms with van der Waals surface area (Å²) in [5.41, 5.74) is 0. The van der Waals surface area contributed by atoms with Crippen molar-refractivity contribution in [3.63, 3.8) is 0 Å². The molecule has 1 N–H and O–H groups in total. The zero-order valence-electron chi connectivity index (χ0n) is 6.42. The number of rotatable bonds is 5. The Morgan fingerprint density at radius 1 is 1.73 bits per heavy atom. The first-order valence-electron chi connectivity index (χ1n) is 3.17. The first-order valence-corrected chi connectivity index (χ1v) is 3.17. The molecule has 0 aliphatic rings. The van der Waals surface area contributed by atoms with Crippen LogP contribution in [0.25, 0.3) is 0 Å². The second-order valence-corrected chi connectivity index (χ2v) is 1.72. The summed E-state index contributed by atoms with van der Waals surface area (Å²) in [5.74, 6) is 2.15. The Balaban J connectivity index is 3.17. The lowest BCUT2D eigenvalue weighted by molar-refractivity contribution is -0.271. The van der Waals surface area contributed by atoms with Gasteiger partial charge in [0.25, 0.3) is 0 Å². The van der Waals surface area contributed by atoms with E-state index in [0.717, 1.165) is 0 Å². The van der Waals surface area contributed by atoms with Gasteiger partial charge < -0.3 is 5.32 Å². The van der Waals surface area contributed by atoms with Crippen molar-refractivity contribution in [1.82, 2.24) is 5.32 Å². The number of nitrogens with one attached hydrogen (secondary N) is 1. The van der Waals surface area contributed by atoms with E-state index in [1.54, 1.807) is 0 Å². The first kappa shape index (κ1) is 9.95. The smallest absolute Gasteiger partial charge is 0.223 e. The number of hydrogen-bond acceptors (Lipinski definition) is 3. The second-order valence-electron chi connectivity index (χ2n) is 1.72. The number of hydrogen-bond donors (Lipinski definition) is 1. The Bertz CT molecular complexity index is 150. The van der Waals surface area contributed by atoms with Crippen LogP contribution in [-0.2, 0) is 14.6 Å². The Morgan fingerprint density at radius 3 is 3.00 bits per heavy atom. The highest BCUT2D eigenvalue weighted by molar-refractivity contribution is 5.76. The zero-order chi connectivity index (χ0) is 8.53. The zero-order valence-corrected chi connectivity index (χ0v) is 6.42. The molecular weight excluding hydrogens is 146 g/mol. The van der Waals surface area contributed by atoms with Gasteiger partial charge in [0.2, 0.25) is 5.91 Å². The van der Waals surface area contributed by atoms with E-state index >= 15 is 0 Å². The molecule has 0 radical (unpaired) electrons. The summed E-state index contributed by atoms with van der Waals surface area (Å²) >= 11 is 0. The van der Waals surface area contributed by atoms with E-state index in [1.165, 1.54) is 7.11 Å². The van der Waals surface area contributed by atoms with Crippen LogP contribution in [0.5, 0.6) is 0 Å². The largest absolute Gasteiger partial charge is 0.345 e. The van der Waals surface area contributed by atoms with Gasteiger partial charge in [-0.1, -0.05) is 5.92 Å². The lowest BCUT2D eigenvalue weighted by Gasteiger charge is -1.99. The first-order chi connectivity index (χ1) is 5.31. The summed E-state index contributed by atoms with van der Waals surface area (Å²) in [7, 11) is 1.39. The number of amides is 1. The van der Waals surface area contributed by atoms with Gasteiger partial charge in [0, 0.05) is 0 Å². The SMILES string of the molecule is C#CCNC(=O)CCOOC. The molecule has 0 saturated heterocycles. The van der Waals surface area contributed by atoms with Crippen molar-refractivity contribution < 1.29 is 14.6 Å². The van der Waals surface area contributed by atoms with Crippen LogP contribution < -0.4 is 5.32 Å². The molecule has 1 amide bonds. The molecule has 0 aliphatic carbocycles. The van der Waals surface area contributed by atoms with Crippen molar-refractivity contribution >= 4 is 5.91 Å². The van der Waals surface area contributed by atoms with Crippen LogP contribution in [0.2, 0.25) is 0 Å². The normalized spacial score (nSPS) is 8.73. The molecule has 0 spiro atoms. The van der Waals surface area contributed by atoms with Crippen LogP contribution in [0.3, 0.4) is 0 Å². The second kappa shape index (κ2) is 7.06. The van der Waals surface area contributed by atoms with Gasteiger partial charge in [0.15, 0.2) is 0 Å². The molecule has 4 heteroatoms. The highest BCUT2D eigenvalue weighted by atomic mass is 17.2. The Kier molecular flexibility index (Phi) is 6.39. The van der Waals surface area contributed by atoms with Gasteiger partial charge >= 0.3 is 0 Å². The minimum atomic E-state index is -0.139. The maximum absolute atomic E-state index is 10.7. The minimum absolute atomic E-state index is 0.139. The van der Waals surface area contributed by atoms with E-state index in [9.17, 15) is 4.79 Å². The number of carbonyl (C=O) groups excluding carboxylic acids is 1. The molecule has 4 nitrogen and oxygen atoms in total. The van der Waals surface area contributed by atoms with E-state index in [4.69, 9.17) is 6.42 Å². The molecule has 0 aliphatic heterocycles. The Labute approximate surface area is 65.8 Å². The van der Waals surface area contributed by atoms with Crippen LogP contribution in [0.15, 0.2) is 0 Å². The fourth-order valence-corrected chi connectivity index (χ4v) is 0.456. The summed E-state index contributed by atoms with van der Waals surface area (Å²) in [6, 6.07) is 0. The van der Waals surface area contributed by atoms with Gasteiger partial charge in [-0.25, -0.2) is 9.78 Å². The molecule has 62 valence electrons. The molecule has 0 aromatic carbocycles. The average molecular weight is 157 g/mol. The predicted molar refractivity (Wildman–Crippen MR) is 39.4 cm³/mol. The fourth-order valence-electron chi connectivity index (χ4n) is 0.456. The van der Waals surface area contributed by atoms with Gasteiger partial charge in [-0.05, 0) is 0 Å². The summed E-state index contributed by atoms with van der Waals surface area (Å²) < 4.78 is 0. The molecule has 0 aromatic heterocycles. The summed E-state index contributed by atoms with van der Waals surface area (Å²) in [6.07, 6.45) is 5.17. The molecule has 0 heterocycles. The lowest BCUT2D eigenvalue weighted by atomic mass is 10.4. The monoisotopic (exact) mass is 157 g/mol. The molecule has 0 aromatic rings. The quantitative estimate of drug-likeness (QED) is 0.258. The summed E-state index contributed by atoms with van der Waals surface area (Å²) in [4.78, 5) is 19.5. The Morgan fingerprint density at radius 2 is 2.45 bits per heavy atom. The average Bonchev–Trinajstić information content (AvgIpc) is 2.01. The van der Waals surface area contributed by atoms with Gasteiger partial charge in [-0.15, -0.1) is 6.42 Å². The number of carbonyl (C=O) groups is 1. The Hall–Kier alpha value is -1.05. The van der Waals surface area contributed by atoms with E-state index in [2.05, 4.69) is 21.0 Å². The van der Waals surface area contributed by atoms with Gasteiger partial charge in [-0.3, -0.25) is 4.79 Å². The van der Waals surface area contributed by atoms with Crippen LogP contribution in [-0.4, -0.2) is 26.2 Å². The third-order valence-electron chi connectivity index (χ3n) is 0.918. The van der Waals surface area contributed by atoms with E-state index in [0.29, 0.717) is 0 Å². The van der Waals surface area contributed by atoms with Crippen molar-refractivity contribution in [2.75, 3.05) is 20.3 Å². The van der Waals surface area contributed by atoms with Gasteiger partial charge in [-0.2, -0.15) is 0 Å². The van der Waals surface area contributed by atoms with Crippen LogP contribution >= 0.6 is 0 Å². The fraction of sp³-hybridized carbons (Fsp3) is 0.571. The van der Waals surface area contributed by atoms with Gasteiger partial charge in [0.05, 0.1) is 26.7 Å². The van der Waals surface area contributed by atoms with Gasteiger partial charge in [0.1, 0.15) is 0 Å². The standard InChI is InChI=1S/C7H11NO3/c1-3-5-8-7(9)4-6-11-10-2/h1H,4-6H2,2H3,(H,8,9). The van der Waals surface area contributed by atoms with Crippen molar-refractivity contribution in [1.29, 1.82) is 0 Å². The maximum Gasteiger partial charge on any atom is 0.223 e. The summed E-state index contributed by atoms with van der Waals surface area (Å²) in [6.45, 7) is 0.499. The molecule has 0 unspecified atom stereocenters. The van der Waals surface area contributed by atoms with E-state index in [-0.39, 0.29) is 25.5 Å². The van der Waals surface area contributed by atoms with Crippen molar-refractivity contribution in [3.05, 3.63) is 0 Å². The molecule has 11 heavy (non-hydrogen) atoms. The van der Waals surface area contributed by atoms with Crippen LogP contribution in [0.4, 0.5) is 0 Å². The minimum Gasteiger partial charge on any atom is -0.345 e. The third-order valence-corrected chi connectivity index (χ3v) is 0.918. The topological polar surface area (TPSA) is 47.6 Å². The highest BCUT2D eigenvalue weighted by Crippen LogP contribution is 1.81. The molecule has 0 fully saturated rings. The summed E-state index contributed by atoms with van der Waals surface area (Å²) in [5, 5.41) is 2.48. The molecular formula is C7H11NO3. The van der Waals surface area contributed by atoms with E-state index in [1.807, 2.05) is 0 Å². The molecule has 0 atom stereocenters. The molecule has 0 bridgehead atoms. The highest BCUT2D eigenvalue weighted by Gasteiger charge is 1.97. The van der Waals surface area contributed by atoms with Crippen molar-refractivity contribution in [3.8, 4) is 12.3 Å². The van der Waals surface area contributed by atoms with Crippen LogP contribution in [0, 0.1) is 12.3 Å². The molecule has 0 rings (SSSR count). The number of terminal acetylenes is 1. The van der Waals surface area contributed by atoms with Crippen molar-refractivity contribution in [2.24, 2.45) is 0 Å².